The van der Waals surface area contributed by atoms with Gasteiger partial charge in [0.15, 0.2) is 0 Å². The molecule has 1 amide bonds. The van der Waals surface area contributed by atoms with Crippen molar-refractivity contribution in [3.63, 3.8) is 0 Å². The van der Waals surface area contributed by atoms with Gasteiger partial charge in [0.2, 0.25) is 5.91 Å². The standard InChI is InChI=1S/C16H23ClN2OS/c1-12(18)13-6-9-19(10-7-13)16(20)8-11-21-15-4-2-14(17)3-5-15/h2-5,12-13H,6-11,18H2,1H3. The first-order chi connectivity index (χ1) is 10.1. The summed E-state index contributed by atoms with van der Waals surface area (Å²) in [5.41, 5.74) is 5.93. The Morgan fingerprint density at radius 1 is 1.38 bits per heavy atom. The summed E-state index contributed by atoms with van der Waals surface area (Å²) in [6, 6.07) is 7.98. The van der Waals surface area contributed by atoms with Crippen LogP contribution in [0.1, 0.15) is 26.2 Å². The van der Waals surface area contributed by atoms with Crippen molar-refractivity contribution >= 4 is 29.3 Å². The van der Waals surface area contributed by atoms with Crippen LogP contribution in [0.2, 0.25) is 5.02 Å². The highest BCUT2D eigenvalue weighted by molar-refractivity contribution is 7.99. The maximum absolute atomic E-state index is 12.2. The summed E-state index contributed by atoms with van der Waals surface area (Å²) in [7, 11) is 0. The summed E-state index contributed by atoms with van der Waals surface area (Å²) in [4.78, 5) is 15.3. The molecular weight excluding hydrogens is 304 g/mol. The Morgan fingerprint density at radius 3 is 2.57 bits per heavy atom. The Balaban J connectivity index is 1.69. The van der Waals surface area contributed by atoms with Gasteiger partial charge in [0.05, 0.1) is 0 Å². The molecule has 2 N–H and O–H groups in total. The number of hydrogen-bond donors (Lipinski definition) is 1. The Morgan fingerprint density at radius 2 is 2.00 bits per heavy atom. The van der Waals surface area contributed by atoms with E-state index >= 15 is 0 Å². The number of likely N-dealkylation sites (tertiary alicyclic amines) is 1. The van der Waals surface area contributed by atoms with Crippen LogP contribution in [0.3, 0.4) is 0 Å². The maximum Gasteiger partial charge on any atom is 0.223 e. The third-order valence-corrected chi connectivity index (χ3v) is 5.30. The first-order valence-corrected chi connectivity index (χ1v) is 8.84. The minimum Gasteiger partial charge on any atom is -0.343 e. The third-order valence-electron chi connectivity index (χ3n) is 4.03. The highest BCUT2D eigenvalue weighted by atomic mass is 35.5. The molecule has 0 aromatic heterocycles. The quantitative estimate of drug-likeness (QED) is 0.843. The number of carbonyl (C=O) groups excluding carboxylic acids is 1. The molecule has 1 heterocycles. The Hall–Kier alpha value is -0.710. The summed E-state index contributed by atoms with van der Waals surface area (Å²) >= 11 is 7.55. The van der Waals surface area contributed by atoms with Gasteiger partial charge in [-0.25, -0.2) is 0 Å². The molecular formula is C16H23ClN2OS. The molecule has 2 rings (SSSR count). The third kappa shape index (κ3) is 5.20. The van der Waals surface area contributed by atoms with Gasteiger partial charge in [0.1, 0.15) is 0 Å². The van der Waals surface area contributed by atoms with Gasteiger partial charge >= 0.3 is 0 Å². The van der Waals surface area contributed by atoms with Crippen molar-refractivity contribution in [2.75, 3.05) is 18.8 Å². The summed E-state index contributed by atoms with van der Waals surface area (Å²) < 4.78 is 0. The molecule has 1 aliphatic heterocycles. The Kier molecular flexibility index (Phi) is 6.40. The van der Waals surface area contributed by atoms with Crippen molar-refractivity contribution in [3.8, 4) is 0 Å². The Bertz CT molecular complexity index is 456. The molecule has 1 atom stereocenters. The number of carbonyl (C=O) groups is 1. The molecule has 3 nitrogen and oxygen atoms in total. The van der Waals surface area contributed by atoms with E-state index < -0.39 is 0 Å². The van der Waals surface area contributed by atoms with E-state index in [-0.39, 0.29) is 11.9 Å². The van der Waals surface area contributed by atoms with Gasteiger partial charge < -0.3 is 10.6 Å². The van der Waals surface area contributed by atoms with Crippen molar-refractivity contribution in [1.29, 1.82) is 0 Å². The predicted molar refractivity (Wildman–Crippen MR) is 89.7 cm³/mol. The van der Waals surface area contributed by atoms with Crippen LogP contribution in [0.4, 0.5) is 0 Å². The molecule has 0 aliphatic carbocycles. The van der Waals surface area contributed by atoms with Crippen LogP contribution in [0, 0.1) is 5.92 Å². The van der Waals surface area contributed by atoms with Crippen LogP contribution in [-0.2, 0) is 4.79 Å². The number of hydrogen-bond acceptors (Lipinski definition) is 3. The molecule has 5 heteroatoms. The van der Waals surface area contributed by atoms with Gasteiger partial charge in [0, 0.05) is 41.2 Å². The van der Waals surface area contributed by atoms with Crippen LogP contribution in [0.25, 0.3) is 0 Å². The zero-order chi connectivity index (χ0) is 15.2. The van der Waals surface area contributed by atoms with E-state index in [9.17, 15) is 4.79 Å². The van der Waals surface area contributed by atoms with Crippen molar-refractivity contribution < 1.29 is 4.79 Å². The van der Waals surface area contributed by atoms with Gasteiger partial charge in [-0.1, -0.05) is 11.6 Å². The lowest BCUT2D eigenvalue weighted by molar-refractivity contribution is -0.132. The van der Waals surface area contributed by atoms with Crippen LogP contribution < -0.4 is 5.73 Å². The lowest BCUT2D eigenvalue weighted by Crippen LogP contribution is -2.42. The van der Waals surface area contributed by atoms with Crippen molar-refractivity contribution in [1.82, 2.24) is 4.90 Å². The average Bonchev–Trinajstić information content (AvgIpc) is 2.49. The fraction of sp³-hybridized carbons (Fsp3) is 0.562. The summed E-state index contributed by atoms with van der Waals surface area (Å²) in [6.07, 6.45) is 2.66. The van der Waals surface area contributed by atoms with E-state index in [2.05, 4.69) is 6.92 Å². The largest absolute Gasteiger partial charge is 0.343 e. The number of benzene rings is 1. The molecule has 1 aromatic carbocycles. The highest BCUT2D eigenvalue weighted by Crippen LogP contribution is 2.23. The maximum atomic E-state index is 12.2. The van der Waals surface area contributed by atoms with E-state index in [1.807, 2.05) is 29.2 Å². The molecule has 21 heavy (non-hydrogen) atoms. The van der Waals surface area contributed by atoms with Crippen LogP contribution in [0.15, 0.2) is 29.2 Å². The van der Waals surface area contributed by atoms with Gasteiger partial charge in [-0.3, -0.25) is 4.79 Å². The normalized spacial score (nSPS) is 17.8. The number of piperidine rings is 1. The van der Waals surface area contributed by atoms with Crippen molar-refractivity contribution in [2.24, 2.45) is 11.7 Å². The molecule has 1 fully saturated rings. The van der Waals surface area contributed by atoms with Crippen molar-refractivity contribution in [2.45, 2.75) is 37.1 Å². The molecule has 0 bridgehead atoms. The molecule has 0 saturated carbocycles. The number of halogens is 1. The molecule has 1 aromatic rings. The van der Waals surface area contributed by atoms with E-state index in [1.165, 1.54) is 0 Å². The van der Waals surface area contributed by atoms with Gasteiger partial charge in [-0.05, 0) is 49.9 Å². The van der Waals surface area contributed by atoms with Gasteiger partial charge in [0.25, 0.3) is 0 Å². The minimum absolute atomic E-state index is 0.239. The summed E-state index contributed by atoms with van der Waals surface area (Å²) in [5.74, 6) is 1.64. The first-order valence-electron chi connectivity index (χ1n) is 7.48. The first kappa shape index (κ1) is 16.7. The van der Waals surface area contributed by atoms with E-state index in [1.54, 1.807) is 11.8 Å². The SMILES string of the molecule is CC(N)C1CCN(C(=O)CCSc2ccc(Cl)cc2)CC1. The lowest BCUT2D eigenvalue weighted by Gasteiger charge is -2.33. The van der Waals surface area contributed by atoms with Crippen LogP contribution >= 0.6 is 23.4 Å². The number of thioether (sulfide) groups is 1. The predicted octanol–water partition coefficient (Wildman–Crippen LogP) is 3.41. The van der Waals surface area contributed by atoms with E-state index in [0.717, 1.165) is 41.6 Å². The second-order valence-electron chi connectivity index (χ2n) is 5.63. The topological polar surface area (TPSA) is 46.3 Å². The molecule has 1 aliphatic rings. The molecule has 1 saturated heterocycles. The average molecular weight is 327 g/mol. The molecule has 0 spiro atoms. The second-order valence-corrected chi connectivity index (χ2v) is 7.23. The van der Waals surface area contributed by atoms with Crippen LogP contribution in [-0.4, -0.2) is 35.7 Å². The van der Waals surface area contributed by atoms with Gasteiger partial charge in [-0.15, -0.1) is 11.8 Å². The smallest absolute Gasteiger partial charge is 0.223 e. The van der Waals surface area contributed by atoms with E-state index in [0.29, 0.717) is 12.3 Å². The zero-order valence-corrected chi connectivity index (χ0v) is 14.0. The summed E-state index contributed by atoms with van der Waals surface area (Å²) in [5, 5.41) is 0.743. The van der Waals surface area contributed by atoms with E-state index in [4.69, 9.17) is 17.3 Å². The zero-order valence-electron chi connectivity index (χ0n) is 12.4. The Labute approximate surface area is 136 Å². The molecule has 0 radical (unpaired) electrons. The monoisotopic (exact) mass is 326 g/mol. The number of rotatable bonds is 5. The molecule has 116 valence electrons. The van der Waals surface area contributed by atoms with Gasteiger partial charge in [-0.2, -0.15) is 0 Å². The summed E-state index contributed by atoms with van der Waals surface area (Å²) in [6.45, 7) is 3.78. The second kappa shape index (κ2) is 8.06. The number of nitrogens with zero attached hydrogens (tertiary/aromatic N) is 1. The number of nitrogens with two attached hydrogens (primary N) is 1. The lowest BCUT2D eigenvalue weighted by atomic mass is 9.91. The fourth-order valence-corrected chi connectivity index (χ4v) is 3.59. The minimum atomic E-state index is 0.239. The molecule has 1 unspecified atom stereocenters. The van der Waals surface area contributed by atoms with Crippen molar-refractivity contribution in [3.05, 3.63) is 29.3 Å². The fourth-order valence-electron chi connectivity index (χ4n) is 2.62. The van der Waals surface area contributed by atoms with Crippen LogP contribution in [0.5, 0.6) is 0 Å². The number of amides is 1. The highest BCUT2D eigenvalue weighted by Gasteiger charge is 2.24.